The van der Waals surface area contributed by atoms with Crippen molar-refractivity contribution in [3.05, 3.63) is 68.7 Å². The summed E-state index contributed by atoms with van der Waals surface area (Å²) in [6.45, 7) is 3.36. The number of ketones is 1. The van der Waals surface area contributed by atoms with Crippen LogP contribution in [0.5, 0.6) is 0 Å². The van der Waals surface area contributed by atoms with Gasteiger partial charge in [-0.2, -0.15) is 4.53 Å². The van der Waals surface area contributed by atoms with Crippen molar-refractivity contribution in [2.45, 2.75) is 25.8 Å². The number of hydrogen-bond acceptors (Lipinski definition) is 3. The maximum Gasteiger partial charge on any atom is 0.284 e. The number of amides is 1. The van der Waals surface area contributed by atoms with E-state index in [1.807, 2.05) is 0 Å². The summed E-state index contributed by atoms with van der Waals surface area (Å²) in [6.07, 6.45) is 0.00490. The van der Waals surface area contributed by atoms with Gasteiger partial charge in [0.05, 0.1) is 5.54 Å². The molecule has 0 unspecified atom stereocenters. The predicted molar refractivity (Wildman–Crippen MR) is 111 cm³/mol. The number of hydrogen-bond donors (Lipinski definition) is 0. The average molecular weight is 469 g/mol. The molecule has 27 heavy (non-hydrogen) atoms. The molecule has 0 bridgehead atoms. The number of carbonyl (C=O) groups excluding carboxylic acids is 2. The van der Waals surface area contributed by atoms with E-state index in [0.717, 1.165) is 4.53 Å². The van der Waals surface area contributed by atoms with Gasteiger partial charge in [0, 0.05) is 56.2 Å². The van der Waals surface area contributed by atoms with Crippen molar-refractivity contribution >= 4 is 70.0 Å². The quantitative estimate of drug-likeness (QED) is 0.270. The van der Waals surface area contributed by atoms with Crippen LogP contribution >= 0.6 is 58.4 Å². The first kappa shape index (κ1) is 22.3. The number of rotatable bonds is 6. The maximum atomic E-state index is 12.6. The highest BCUT2D eigenvalue weighted by Gasteiger charge is 2.35. The van der Waals surface area contributed by atoms with Crippen molar-refractivity contribution in [2.75, 3.05) is 0 Å². The van der Waals surface area contributed by atoms with Crippen LogP contribution in [0.1, 0.15) is 41.0 Å². The van der Waals surface area contributed by atoms with Crippen LogP contribution in [0.25, 0.3) is 0 Å². The molecule has 0 fully saturated rings. The van der Waals surface area contributed by atoms with Gasteiger partial charge >= 0.3 is 0 Å². The Hall–Kier alpha value is -1.01. The first-order valence-electron chi connectivity index (χ1n) is 7.72. The molecule has 0 heterocycles. The van der Waals surface area contributed by atoms with Gasteiger partial charge in [0.15, 0.2) is 5.78 Å². The van der Waals surface area contributed by atoms with Crippen LogP contribution in [-0.2, 0) is 0 Å². The van der Waals surface area contributed by atoms with Crippen molar-refractivity contribution in [1.82, 2.24) is 9.06 Å². The minimum atomic E-state index is -0.974. The molecule has 0 N–H and O–H groups in total. The van der Waals surface area contributed by atoms with Crippen molar-refractivity contribution < 1.29 is 9.59 Å². The number of nitrogens with zero attached hydrogens (tertiary/aromatic N) is 2. The van der Waals surface area contributed by atoms with Gasteiger partial charge in [-0.3, -0.25) is 9.59 Å². The van der Waals surface area contributed by atoms with Crippen LogP contribution in [0.3, 0.4) is 0 Å². The van der Waals surface area contributed by atoms with E-state index in [0.29, 0.717) is 15.1 Å². The fraction of sp³-hybridized carbons (Fsp3) is 0.222. The highest BCUT2D eigenvalue weighted by atomic mass is 35.5. The van der Waals surface area contributed by atoms with Crippen molar-refractivity contribution in [3.8, 4) is 0 Å². The molecular weight excluding hydrogens is 453 g/mol. The predicted octanol–water partition coefficient (Wildman–Crippen LogP) is 6.67. The number of Topliss-reactive ketones (excluding diaryl/α,β-unsaturated/α-hetero) is 1. The molecule has 0 atom stereocenters. The molecule has 4 nitrogen and oxygen atoms in total. The molecular formula is C18H15Cl5N2O2. The second-order valence-corrected chi connectivity index (χ2v) is 8.35. The monoisotopic (exact) mass is 466 g/mol. The van der Waals surface area contributed by atoms with E-state index in [1.54, 1.807) is 38.1 Å². The Morgan fingerprint density at radius 2 is 1.37 bits per heavy atom. The largest absolute Gasteiger partial charge is 0.294 e. The Kier molecular flexibility index (Phi) is 7.42. The number of halogens is 5. The Morgan fingerprint density at radius 1 is 0.852 bits per heavy atom. The number of benzene rings is 2. The third kappa shape index (κ3) is 5.74. The summed E-state index contributed by atoms with van der Waals surface area (Å²) in [7, 11) is 0. The first-order valence-corrected chi connectivity index (χ1v) is 9.53. The summed E-state index contributed by atoms with van der Waals surface area (Å²) in [4.78, 5) is 25.1. The zero-order valence-electron chi connectivity index (χ0n) is 14.3. The van der Waals surface area contributed by atoms with E-state index in [1.165, 1.54) is 18.2 Å². The zero-order valence-corrected chi connectivity index (χ0v) is 18.1. The molecule has 2 rings (SSSR count). The fourth-order valence-electron chi connectivity index (χ4n) is 2.30. The number of carbonyl (C=O) groups is 2. The van der Waals surface area contributed by atoms with Gasteiger partial charge in [-0.15, -0.1) is 4.53 Å². The normalized spacial score (nSPS) is 11.6. The van der Waals surface area contributed by atoms with E-state index >= 15 is 0 Å². The third-order valence-corrected chi connectivity index (χ3v) is 5.37. The van der Waals surface area contributed by atoms with E-state index < -0.39 is 11.4 Å². The highest BCUT2D eigenvalue weighted by molar-refractivity contribution is 6.35. The number of hydrazine groups is 1. The fourth-order valence-corrected chi connectivity index (χ4v) is 3.38. The second kappa shape index (κ2) is 8.99. The van der Waals surface area contributed by atoms with Crippen LogP contribution in [-0.4, -0.2) is 26.3 Å². The summed E-state index contributed by atoms with van der Waals surface area (Å²) < 4.78 is 1.66. The summed E-state index contributed by atoms with van der Waals surface area (Å²) in [6, 6.07) is 10.8. The lowest BCUT2D eigenvalue weighted by Crippen LogP contribution is -2.48. The molecule has 0 aromatic heterocycles. The Balaban J connectivity index is 2.15. The molecule has 0 radical (unpaired) electrons. The van der Waals surface area contributed by atoms with Gasteiger partial charge in [0.1, 0.15) is 0 Å². The summed E-state index contributed by atoms with van der Waals surface area (Å²) in [5.74, 6) is -0.811. The second-order valence-electron chi connectivity index (χ2n) is 6.40. The zero-order chi connectivity index (χ0) is 20.4. The minimum Gasteiger partial charge on any atom is -0.294 e. The van der Waals surface area contributed by atoms with Gasteiger partial charge in [-0.25, -0.2) is 0 Å². The molecule has 0 aliphatic carbocycles. The standard InChI is InChI=1S/C18H15Cl5N2O2/c1-18(2,10-16(26)11-3-5-13(19)6-4-11)25(23)24(22)17(27)12-7-14(20)9-15(21)8-12/h3-9H,10H2,1-2H3. The van der Waals surface area contributed by atoms with E-state index in [2.05, 4.69) is 0 Å². The summed E-state index contributed by atoms with van der Waals surface area (Å²) in [5.41, 5.74) is -0.336. The van der Waals surface area contributed by atoms with E-state index in [9.17, 15) is 9.59 Å². The molecule has 144 valence electrons. The van der Waals surface area contributed by atoms with Gasteiger partial charge in [0.2, 0.25) is 0 Å². The minimum absolute atomic E-state index is 0.00490. The Labute approximate surface area is 182 Å². The topological polar surface area (TPSA) is 40.6 Å². The molecule has 1 amide bonds. The maximum absolute atomic E-state index is 12.6. The van der Waals surface area contributed by atoms with Gasteiger partial charge in [-0.05, 0) is 56.3 Å². The molecule has 0 saturated carbocycles. The SMILES string of the molecule is CC(C)(CC(=O)c1ccc(Cl)cc1)N(Cl)N(Cl)C(=O)c1cc(Cl)cc(Cl)c1. The molecule has 0 spiro atoms. The Morgan fingerprint density at radius 3 is 1.89 bits per heavy atom. The van der Waals surface area contributed by atoms with Crippen molar-refractivity contribution in [3.63, 3.8) is 0 Å². The van der Waals surface area contributed by atoms with Crippen LogP contribution in [0.15, 0.2) is 42.5 Å². The molecule has 0 aliphatic rings. The van der Waals surface area contributed by atoms with E-state index in [4.69, 9.17) is 58.4 Å². The molecule has 2 aromatic rings. The lowest BCUT2D eigenvalue weighted by molar-refractivity contribution is 0.0374. The van der Waals surface area contributed by atoms with Crippen molar-refractivity contribution in [2.24, 2.45) is 0 Å². The highest BCUT2D eigenvalue weighted by Crippen LogP contribution is 2.29. The lowest BCUT2D eigenvalue weighted by Gasteiger charge is -2.35. The average Bonchev–Trinajstić information content (AvgIpc) is 2.59. The van der Waals surface area contributed by atoms with Crippen LogP contribution < -0.4 is 0 Å². The lowest BCUT2D eigenvalue weighted by atomic mass is 9.95. The first-order chi connectivity index (χ1) is 12.5. The molecule has 0 aliphatic heterocycles. The molecule has 2 aromatic carbocycles. The molecule has 0 saturated heterocycles. The van der Waals surface area contributed by atoms with Crippen LogP contribution in [0.4, 0.5) is 0 Å². The summed E-state index contributed by atoms with van der Waals surface area (Å²) >= 11 is 30.1. The third-order valence-electron chi connectivity index (χ3n) is 3.69. The summed E-state index contributed by atoms with van der Waals surface area (Å²) in [5, 5.41) is 1.10. The van der Waals surface area contributed by atoms with Crippen LogP contribution in [0.2, 0.25) is 15.1 Å². The Bertz CT molecular complexity index is 835. The smallest absolute Gasteiger partial charge is 0.284 e. The van der Waals surface area contributed by atoms with E-state index in [-0.39, 0.29) is 27.8 Å². The van der Waals surface area contributed by atoms with Gasteiger partial charge in [0.25, 0.3) is 5.91 Å². The van der Waals surface area contributed by atoms with Crippen molar-refractivity contribution in [1.29, 1.82) is 0 Å². The van der Waals surface area contributed by atoms with Gasteiger partial charge < -0.3 is 0 Å². The van der Waals surface area contributed by atoms with Gasteiger partial charge in [-0.1, -0.05) is 34.8 Å². The van der Waals surface area contributed by atoms with Crippen LogP contribution in [0, 0.1) is 0 Å². The molecule has 9 heteroatoms.